The van der Waals surface area contributed by atoms with Gasteiger partial charge >= 0.3 is 11.4 Å². The van der Waals surface area contributed by atoms with E-state index in [9.17, 15) is 24.3 Å². The van der Waals surface area contributed by atoms with E-state index in [4.69, 9.17) is 37.5 Å². The van der Waals surface area contributed by atoms with Gasteiger partial charge in [-0.25, -0.2) is 14.3 Å². The van der Waals surface area contributed by atoms with Gasteiger partial charge in [-0.1, -0.05) is 71.9 Å². The van der Waals surface area contributed by atoms with E-state index >= 15 is 0 Å². The summed E-state index contributed by atoms with van der Waals surface area (Å²) < 4.78 is 53.4. The molecule has 7 rings (SSSR count). The van der Waals surface area contributed by atoms with Crippen molar-refractivity contribution < 1.29 is 52.2 Å². The summed E-state index contributed by atoms with van der Waals surface area (Å²) in [4.78, 5) is 58.2. The van der Waals surface area contributed by atoms with Crippen LogP contribution in [0.25, 0.3) is 0 Å². The fourth-order valence-electron chi connectivity index (χ4n) is 8.82. The number of nitrogens with one attached hydrogen (secondary N) is 2. The summed E-state index contributed by atoms with van der Waals surface area (Å²) in [6.45, 7) is 18.9. The molecule has 0 radical (unpaired) electrons. The van der Waals surface area contributed by atoms with Gasteiger partial charge in [0.1, 0.15) is 41.7 Å². The number of ether oxygens (including phenoxy) is 6. The second kappa shape index (κ2) is 24.4. The second-order valence-corrected chi connectivity index (χ2v) is 19.9. The molecule has 4 fully saturated rings. The van der Waals surface area contributed by atoms with Gasteiger partial charge in [0.05, 0.1) is 44.7 Å². The number of carbonyl (C=O) groups excluding carboxylic acids is 2. The Labute approximate surface area is 405 Å². The standard InChI is InChI=1S/C30H43N4O7P.C18H29N3O6/c1-7-22-24(40-42-34-15-11-14-23(34)30(5,41-42)21-12-9-8-10-13-21)25(38-17-16-37-6)28(39-22)33-18-20(4)26(32-29(33)36)31-27(35)19(2)3;1-6-12-13(22)14(26-8-7-25-5)17(27-12)21-9-11(4)15(20-18(21)24)19-16(23)10(2)3/h8-10,12-13,18-19,22-25,28H,7,11,14-17H2,1-6H3,(H,31,32,35,36);9-10,12-14,17,22H,6-8H2,1-5H3,(H,19,20,23,24)/t22-,23+,24?,25+,28-,30-,42+;12-,13?,14+,17-/m11/s1. The molecule has 4 aliphatic rings. The highest BCUT2D eigenvalue weighted by Crippen LogP contribution is 2.64. The van der Waals surface area contributed by atoms with Crippen LogP contribution in [-0.2, 0) is 52.7 Å². The fraction of sp³-hybridized carbons (Fsp3) is 0.667. The molecule has 382 valence electrons. The molecule has 4 aliphatic heterocycles. The number of rotatable bonds is 19. The Bertz CT molecular complexity index is 2300. The highest BCUT2D eigenvalue weighted by atomic mass is 31.2. The summed E-state index contributed by atoms with van der Waals surface area (Å²) in [5.74, 6) is -0.438. The van der Waals surface area contributed by atoms with E-state index in [-0.39, 0.29) is 54.0 Å². The summed E-state index contributed by atoms with van der Waals surface area (Å²) in [7, 11) is 1.75. The molecule has 1 aromatic carbocycles. The molecule has 2 aromatic heterocycles. The van der Waals surface area contributed by atoms with E-state index in [1.54, 1.807) is 68.2 Å². The van der Waals surface area contributed by atoms with Crippen LogP contribution in [-0.4, -0.2) is 131 Å². The van der Waals surface area contributed by atoms with Gasteiger partial charge < -0.3 is 53.2 Å². The van der Waals surface area contributed by atoms with Gasteiger partial charge in [0.25, 0.3) is 8.53 Å². The minimum atomic E-state index is -1.42. The predicted octanol–water partition coefficient (Wildman–Crippen LogP) is 5.35. The Hall–Kier alpha value is -4.05. The van der Waals surface area contributed by atoms with Crippen molar-refractivity contribution >= 4 is 32.0 Å². The SMILES string of the molecule is CC[C@H]1O[C@@H](n2cc(C)c(NC(=O)C(C)C)nc2=O)[C@@H](OCCOC)C1O.CC[C@H]1O[C@@H](n2cc(C)c(NC(=O)C(C)C)nc2=O)[C@@H](OCCOC)C1O[P@@]1O[C@](C)(c2ccccc2)[C@@H]2CCCN21. The van der Waals surface area contributed by atoms with Crippen LogP contribution in [0.2, 0.25) is 0 Å². The number of amides is 2. The Morgan fingerprint density at radius 2 is 1.30 bits per heavy atom. The summed E-state index contributed by atoms with van der Waals surface area (Å²) >= 11 is 0. The van der Waals surface area contributed by atoms with Gasteiger partial charge in [0.2, 0.25) is 11.8 Å². The van der Waals surface area contributed by atoms with Gasteiger partial charge in [-0.05, 0) is 52.0 Å². The van der Waals surface area contributed by atoms with Gasteiger partial charge in [0, 0.05) is 56.1 Å². The Balaban J connectivity index is 0.000000251. The summed E-state index contributed by atoms with van der Waals surface area (Å²) in [6, 6.07) is 10.5. The smallest absolute Gasteiger partial charge is 0.351 e. The number of methoxy groups -OCH3 is 2. The highest BCUT2D eigenvalue weighted by molar-refractivity contribution is 7.45. The summed E-state index contributed by atoms with van der Waals surface area (Å²) in [5, 5.41) is 15.9. The van der Waals surface area contributed by atoms with Gasteiger partial charge in [-0.3, -0.25) is 18.7 Å². The molecular formula is C48H72N7O13P. The van der Waals surface area contributed by atoms with Gasteiger partial charge in [-0.15, -0.1) is 0 Å². The van der Waals surface area contributed by atoms with Crippen LogP contribution in [0.4, 0.5) is 11.6 Å². The number of hydrogen-bond donors (Lipinski definition) is 3. The van der Waals surface area contributed by atoms with Crippen LogP contribution >= 0.6 is 8.53 Å². The number of benzene rings is 1. The summed E-state index contributed by atoms with van der Waals surface area (Å²) in [5.41, 5.74) is 0.756. The molecule has 4 saturated heterocycles. The Morgan fingerprint density at radius 1 is 0.797 bits per heavy atom. The van der Waals surface area contributed by atoms with E-state index < -0.39 is 68.5 Å². The van der Waals surface area contributed by atoms with Crippen molar-refractivity contribution in [2.24, 2.45) is 11.8 Å². The number of aliphatic hydroxyl groups excluding tert-OH is 1. The second-order valence-electron chi connectivity index (χ2n) is 18.5. The number of anilines is 2. The first-order valence-corrected chi connectivity index (χ1v) is 25.1. The largest absolute Gasteiger partial charge is 0.388 e. The van der Waals surface area contributed by atoms with Crippen molar-refractivity contribution in [1.29, 1.82) is 0 Å². The number of nitrogens with zero attached hydrogens (tertiary/aromatic N) is 5. The van der Waals surface area contributed by atoms with Crippen molar-refractivity contribution in [3.05, 3.63) is 80.4 Å². The van der Waals surface area contributed by atoms with Crippen molar-refractivity contribution in [3.8, 4) is 0 Å². The van der Waals surface area contributed by atoms with Crippen LogP contribution in [0.15, 0.2) is 52.3 Å². The lowest BCUT2D eigenvalue weighted by molar-refractivity contribution is -0.119. The van der Waals surface area contributed by atoms with E-state index in [1.807, 2.05) is 32.0 Å². The van der Waals surface area contributed by atoms with Crippen molar-refractivity contribution in [2.75, 3.05) is 57.8 Å². The van der Waals surface area contributed by atoms with Gasteiger partial charge in [-0.2, -0.15) is 9.97 Å². The minimum absolute atomic E-state index is 0.207. The third-order valence-electron chi connectivity index (χ3n) is 12.8. The molecule has 3 N–H and O–H groups in total. The van der Waals surface area contributed by atoms with Crippen LogP contribution in [0.3, 0.4) is 0 Å². The molecule has 0 bridgehead atoms. The number of aliphatic hydroxyl groups is 1. The maximum atomic E-state index is 13.3. The molecule has 6 heterocycles. The number of carbonyl (C=O) groups is 2. The van der Waals surface area contributed by atoms with E-state index in [0.717, 1.165) is 24.9 Å². The van der Waals surface area contributed by atoms with E-state index in [1.165, 1.54) is 9.13 Å². The molecular weight excluding hydrogens is 914 g/mol. The van der Waals surface area contributed by atoms with Crippen LogP contribution in [0.5, 0.6) is 0 Å². The molecule has 21 heteroatoms. The van der Waals surface area contributed by atoms with Crippen molar-refractivity contribution in [2.45, 2.75) is 149 Å². The fourth-order valence-corrected chi connectivity index (χ4v) is 11.0. The monoisotopic (exact) mass is 985 g/mol. The summed E-state index contributed by atoms with van der Waals surface area (Å²) in [6.07, 6.45) is 1.48. The first kappa shape index (κ1) is 54.3. The zero-order valence-electron chi connectivity index (χ0n) is 41.8. The molecule has 0 aliphatic carbocycles. The van der Waals surface area contributed by atoms with Gasteiger partial charge in [0.15, 0.2) is 12.5 Å². The Kier molecular flexibility index (Phi) is 19.2. The maximum Gasteiger partial charge on any atom is 0.351 e. The number of aryl methyl sites for hydroxylation is 2. The van der Waals surface area contributed by atoms with Crippen molar-refractivity contribution in [3.63, 3.8) is 0 Å². The van der Waals surface area contributed by atoms with E-state index in [2.05, 4.69) is 44.3 Å². The van der Waals surface area contributed by atoms with Crippen LogP contribution < -0.4 is 22.0 Å². The molecule has 20 nitrogen and oxygen atoms in total. The van der Waals surface area contributed by atoms with Crippen LogP contribution in [0.1, 0.15) is 103 Å². The first-order chi connectivity index (χ1) is 33.0. The first-order valence-electron chi connectivity index (χ1n) is 24.0. The molecule has 0 saturated carbocycles. The van der Waals surface area contributed by atoms with E-state index in [0.29, 0.717) is 43.8 Å². The topological polar surface area (TPSA) is 225 Å². The van der Waals surface area contributed by atoms with Crippen molar-refractivity contribution in [1.82, 2.24) is 23.8 Å². The third kappa shape index (κ3) is 12.4. The molecule has 11 atom stereocenters. The molecule has 2 unspecified atom stereocenters. The molecule has 0 spiro atoms. The average molecular weight is 986 g/mol. The normalized spacial score (nSPS) is 28.8. The lowest BCUT2D eigenvalue weighted by atomic mass is 9.87. The predicted molar refractivity (Wildman–Crippen MR) is 257 cm³/mol. The maximum absolute atomic E-state index is 13.3. The lowest BCUT2D eigenvalue weighted by Crippen LogP contribution is -2.40. The molecule has 3 aromatic rings. The number of aromatic nitrogens is 4. The minimum Gasteiger partial charge on any atom is -0.388 e. The number of fused-ring (bicyclic) bond motifs is 1. The zero-order chi connectivity index (χ0) is 50.2. The Morgan fingerprint density at radius 3 is 1.81 bits per heavy atom. The quantitative estimate of drug-likeness (QED) is 0.102. The average Bonchev–Trinajstić information content (AvgIpc) is 4.10. The molecule has 69 heavy (non-hydrogen) atoms. The highest BCUT2D eigenvalue weighted by Gasteiger charge is 2.58. The lowest BCUT2D eigenvalue weighted by Gasteiger charge is -2.29. The zero-order valence-corrected chi connectivity index (χ0v) is 42.7. The molecule has 2 amide bonds. The third-order valence-corrected chi connectivity index (χ3v) is 14.7. The van der Waals surface area contributed by atoms with Crippen LogP contribution in [0, 0.1) is 25.7 Å². The number of hydrogen-bond acceptors (Lipinski definition) is 16.